The second-order valence-corrected chi connectivity index (χ2v) is 8.29. The fourth-order valence-corrected chi connectivity index (χ4v) is 4.85. The van der Waals surface area contributed by atoms with E-state index in [1.807, 2.05) is 0 Å². The van der Waals surface area contributed by atoms with Crippen LogP contribution in [0.5, 0.6) is 0 Å². The summed E-state index contributed by atoms with van der Waals surface area (Å²) in [5.74, 6) is 2.56. The van der Waals surface area contributed by atoms with Crippen LogP contribution in [0.2, 0.25) is 0 Å². The Labute approximate surface area is 146 Å². The highest BCUT2D eigenvalue weighted by atomic mass is 15.1. The van der Waals surface area contributed by atoms with Crippen LogP contribution in [0.25, 0.3) is 0 Å². The number of fused-ring (bicyclic) bond motifs is 1. The van der Waals surface area contributed by atoms with E-state index in [0.29, 0.717) is 5.92 Å². The third kappa shape index (κ3) is 3.80. The van der Waals surface area contributed by atoms with Crippen molar-refractivity contribution < 1.29 is 0 Å². The van der Waals surface area contributed by atoms with Crippen LogP contribution in [-0.4, -0.2) is 53.0 Å². The maximum atomic E-state index is 4.99. The minimum absolute atomic E-state index is 0.536. The van der Waals surface area contributed by atoms with Gasteiger partial charge in [-0.25, -0.2) is 9.97 Å². The van der Waals surface area contributed by atoms with Crippen molar-refractivity contribution in [3.05, 3.63) is 23.3 Å². The summed E-state index contributed by atoms with van der Waals surface area (Å²) in [5, 5.41) is 0. The Morgan fingerprint density at radius 3 is 2.79 bits per heavy atom. The molecule has 1 aromatic rings. The highest BCUT2D eigenvalue weighted by molar-refractivity contribution is 5.21. The largest absolute Gasteiger partial charge is 0.306 e. The molecular formula is C20H32N4. The third-order valence-corrected chi connectivity index (χ3v) is 6.26. The maximum absolute atomic E-state index is 4.99. The van der Waals surface area contributed by atoms with Gasteiger partial charge in [0.1, 0.15) is 5.82 Å². The van der Waals surface area contributed by atoms with Gasteiger partial charge in [-0.05, 0) is 45.2 Å². The van der Waals surface area contributed by atoms with E-state index in [9.17, 15) is 0 Å². The molecule has 1 aromatic heterocycles. The molecule has 4 nitrogen and oxygen atoms in total. The van der Waals surface area contributed by atoms with Crippen LogP contribution < -0.4 is 0 Å². The van der Waals surface area contributed by atoms with Crippen molar-refractivity contribution in [2.75, 3.05) is 33.2 Å². The van der Waals surface area contributed by atoms with E-state index in [1.165, 1.54) is 75.8 Å². The lowest BCUT2D eigenvalue weighted by Crippen LogP contribution is -2.36. The molecule has 2 fully saturated rings. The van der Waals surface area contributed by atoms with E-state index in [1.54, 1.807) is 0 Å². The molecule has 1 aliphatic carbocycles. The van der Waals surface area contributed by atoms with Gasteiger partial charge in [0.2, 0.25) is 0 Å². The molecule has 3 aliphatic rings. The van der Waals surface area contributed by atoms with E-state index < -0.39 is 0 Å². The molecule has 24 heavy (non-hydrogen) atoms. The van der Waals surface area contributed by atoms with Gasteiger partial charge in [0.15, 0.2) is 0 Å². The van der Waals surface area contributed by atoms with Crippen LogP contribution in [0.1, 0.15) is 67.9 Å². The predicted molar refractivity (Wildman–Crippen MR) is 97.1 cm³/mol. The van der Waals surface area contributed by atoms with Gasteiger partial charge in [0.25, 0.3) is 0 Å². The zero-order valence-corrected chi connectivity index (χ0v) is 15.2. The molecule has 1 saturated carbocycles. The molecule has 0 N–H and O–H groups in total. The average molecular weight is 329 g/mol. The second-order valence-electron chi connectivity index (χ2n) is 8.29. The molecule has 3 heterocycles. The van der Waals surface area contributed by atoms with Gasteiger partial charge >= 0.3 is 0 Å². The van der Waals surface area contributed by atoms with Crippen LogP contribution in [0.3, 0.4) is 0 Å². The highest BCUT2D eigenvalue weighted by Gasteiger charge is 2.25. The summed E-state index contributed by atoms with van der Waals surface area (Å²) >= 11 is 0. The molecule has 4 rings (SSSR count). The molecule has 1 saturated heterocycles. The monoisotopic (exact) mass is 328 g/mol. The van der Waals surface area contributed by atoms with E-state index in [4.69, 9.17) is 9.97 Å². The number of likely N-dealkylation sites (tertiary alicyclic amines) is 1. The van der Waals surface area contributed by atoms with Crippen molar-refractivity contribution in [2.24, 2.45) is 5.92 Å². The van der Waals surface area contributed by atoms with Crippen LogP contribution in [0, 0.1) is 5.92 Å². The number of aromatic nitrogens is 2. The minimum Gasteiger partial charge on any atom is -0.306 e. The van der Waals surface area contributed by atoms with Gasteiger partial charge in [-0.3, -0.25) is 4.90 Å². The smallest absolute Gasteiger partial charge is 0.132 e. The first kappa shape index (κ1) is 16.5. The van der Waals surface area contributed by atoms with Gasteiger partial charge in [-0.1, -0.05) is 19.3 Å². The first-order valence-corrected chi connectivity index (χ1v) is 10.0. The van der Waals surface area contributed by atoms with Gasteiger partial charge in [0.05, 0.1) is 0 Å². The average Bonchev–Trinajstić information content (AvgIpc) is 2.62. The predicted octanol–water partition coefficient (Wildman–Crippen LogP) is 3.22. The lowest BCUT2D eigenvalue weighted by atomic mass is 9.88. The van der Waals surface area contributed by atoms with E-state index >= 15 is 0 Å². The van der Waals surface area contributed by atoms with Crippen LogP contribution in [0.15, 0.2) is 6.20 Å². The van der Waals surface area contributed by atoms with Crippen molar-refractivity contribution in [3.63, 3.8) is 0 Å². The van der Waals surface area contributed by atoms with Crippen molar-refractivity contribution in [3.8, 4) is 0 Å². The number of hydrogen-bond acceptors (Lipinski definition) is 4. The topological polar surface area (TPSA) is 32.3 Å². The summed E-state index contributed by atoms with van der Waals surface area (Å²) in [7, 11) is 2.22. The Morgan fingerprint density at radius 2 is 1.96 bits per heavy atom. The Balaban J connectivity index is 1.39. The summed E-state index contributed by atoms with van der Waals surface area (Å²) in [4.78, 5) is 14.8. The lowest BCUT2D eigenvalue weighted by molar-refractivity contribution is 0.185. The molecule has 0 unspecified atom stereocenters. The molecule has 0 radical (unpaired) electrons. The fourth-order valence-electron chi connectivity index (χ4n) is 4.85. The molecule has 132 valence electrons. The summed E-state index contributed by atoms with van der Waals surface area (Å²) in [6, 6.07) is 0. The van der Waals surface area contributed by atoms with Crippen molar-refractivity contribution >= 4 is 0 Å². The van der Waals surface area contributed by atoms with Crippen LogP contribution in [0.4, 0.5) is 0 Å². The Morgan fingerprint density at radius 1 is 1.08 bits per heavy atom. The Kier molecular flexibility index (Phi) is 5.14. The number of nitrogens with zero attached hydrogens (tertiary/aromatic N) is 4. The highest BCUT2D eigenvalue weighted by Crippen LogP contribution is 2.28. The fraction of sp³-hybridized carbons (Fsp3) is 0.800. The third-order valence-electron chi connectivity index (χ3n) is 6.26. The molecular weight excluding hydrogens is 296 g/mol. The maximum Gasteiger partial charge on any atom is 0.132 e. The standard InChI is InChI=1S/C20H32N4/c1-23-10-5-8-17(14-23)20-21-12-18-15-24(11-9-19(18)22-20)13-16-6-3-2-4-7-16/h12,16-17H,2-11,13-15H2,1H3/t17-/m0/s1. The zero-order chi connectivity index (χ0) is 16.4. The van der Waals surface area contributed by atoms with Gasteiger partial charge in [0, 0.05) is 56.0 Å². The molecule has 2 aliphatic heterocycles. The van der Waals surface area contributed by atoms with E-state index in [2.05, 4.69) is 23.0 Å². The van der Waals surface area contributed by atoms with Crippen molar-refractivity contribution in [1.29, 1.82) is 0 Å². The summed E-state index contributed by atoms with van der Waals surface area (Å²) in [6.45, 7) is 5.87. The quantitative estimate of drug-likeness (QED) is 0.853. The van der Waals surface area contributed by atoms with E-state index in [-0.39, 0.29) is 0 Å². The molecule has 1 atom stereocenters. The SMILES string of the molecule is CN1CCC[C@H](c2ncc3c(n2)CCN(CC2CCCCC2)C3)C1. The molecule has 0 spiro atoms. The van der Waals surface area contributed by atoms with Crippen LogP contribution in [-0.2, 0) is 13.0 Å². The summed E-state index contributed by atoms with van der Waals surface area (Å²) in [5.41, 5.74) is 2.71. The van der Waals surface area contributed by atoms with E-state index in [0.717, 1.165) is 31.3 Å². The number of rotatable bonds is 3. The number of likely N-dealkylation sites (N-methyl/N-ethyl adjacent to an activating group) is 1. The first-order valence-electron chi connectivity index (χ1n) is 10.0. The molecule has 0 aromatic carbocycles. The second kappa shape index (κ2) is 7.49. The van der Waals surface area contributed by atoms with Crippen molar-refractivity contribution in [2.45, 2.75) is 63.8 Å². The normalized spacial score (nSPS) is 27.1. The molecule has 4 heteroatoms. The number of hydrogen-bond donors (Lipinski definition) is 0. The number of piperidine rings is 1. The van der Waals surface area contributed by atoms with Gasteiger partial charge < -0.3 is 4.90 Å². The van der Waals surface area contributed by atoms with Gasteiger partial charge in [-0.15, -0.1) is 0 Å². The Bertz CT molecular complexity index is 553. The van der Waals surface area contributed by atoms with Crippen LogP contribution >= 0.6 is 0 Å². The Hall–Kier alpha value is -1.00. The van der Waals surface area contributed by atoms with Gasteiger partial charge in [-0.2, -0.15) is 0 Å². The molecule has 0 bridgehead atoms. The van der Waals surface area contributed by atoms with Crippen molar-refractivity contribution in [1.82, 2.24) is 19.8 Å². The molecule has 0 amide bonds. The zero-order valence-electron chi connectivity index (χ0n) is 15.2. The summed E-state index contributed by atoms with van der Waals surface area (Å²) in [6.07, 6.45) is 13.0. The lowest BCUT2D eigenvalue weighted by Gasteiger charge is -2.33. The summed E-state index contributed by atoms with van der Waals surface area (Å²) < 4.78 is 0. The first-order chi connectivity index (χ1) is 11.8. The minimum atomic E-state index is 0.536.